The van der Waals surface area contributed by atoms with E-state index in [4.69, 9.17) is 34.0 Å². The number of aliphatic imine (C=N–C) groups is 2. The Morgan fingerprint density at radius 1 is 0.691 bits per heavy atom. The maximum Gasteiger partial charge on any atom is 0.405 e. The second-order valence-electron chi connectivity index (χ2n) is 17.3. The molecule has 0 fully saturated rings. The van der Waals surface area contributed by atoms with E-state index >= 15 is 0 Å². The number of ether oxygens (including phenoxy) is 4. The molecular formula is C51H53N7O10. The van der Waals surface area contributed by atoms with E-state index in [1.165, 1.54) is 26.7 Å². The van der Waals surface area contributed by atoms with Gasteiger partial charge in [0.15, 0.2) is 23.0 Å². The van der Waals surface area contributed by atoms with Gasteiger partial charge in [-0.05, 0) is 66.3 Å². The van der Waals surface area contributed by atoms with Crippen LogP contribution in [0.5, 0.6) is 23.0 Å². The first-order chi connectivity index (χ1) is 32.7. The minimum Gasteiger partial charge on any atom is -0.493 e. The second kappa shape index (κ2) is 19.9. The molecule has 0 unspecified atom stereocenters. The number of aryl methyl sites for hydroxylation is 1. The van der Waals surface area contributed by atoms with Crippen LogP contribution >= 0.6 is 0 Å². The molecule has 4 aromatic carbocycles. The average Bonchev–Trinajstić information content (AvgIpc) is 3.90. The van der Waals surface area contributed by atoms with Gasteiger partial charge in [0.25, 0.3) is 11.8 Å². The Hall–Kier alpha value is -7.95. The van der Waals surface area contributed by atoms with Gasteiger partial charge in [0, 0.05) is 61.9 Å². The molecule has 0 radical (unpaired) electrons. The third-order valence-corrected chi connectivity index (χ3v) is 12.2. The number of carboxylic acid groups (broad SMARTS) is 1. The number of fused-ring (bicyclic) bond motifs is 4. The van der Waals surface area contributed by atoms with E-state index < -0.39 is 30.0 Å². The van der Waals surface area contributed by atoms with Crippen LogP contribution in [0, 0.1) is 12.8 Å². The summed E-state index contributed by atoms with van der Waals surface area (Å²) in [5.74, 6) is -0.159. The van der Waals surface area contributed by atoms with Gasteiger partial charge in [0.2, 0.25) is 11.8 Å². The number of rotatable bonds is 16. The Balaban J connectivity index is 0.856. The summed E-state index contributed by atoms with van der Waals surface area (Å²) in [4.78, 5) is 77.3. The standard InChI is InChI=1S/C51H53N7O10/c1-28(2)46(56-51(63)64)48(60)54-30(4)47(59)55-35-14-12-32(13-15-35)34-19-37-25-53-41-23-45(43(66-6)21-39(41)50(62)58(37)27-34)68-17-7-16-67-44-22-40-38(20-42(44)65-5)49(61)57-26-33(18-36(57)24-52-40)31-10-8-29(3)9-11-31/h8-15,20-28,30,36-37,46,56H,7,16-19H2,1-6H3,(H,54,60)(H,55,59)(H,63,64)/t30-,36-,37-,46-/m0/s1. The van der Waals surface area contributed by atoms with Crippen molar-refractivity contribution in [3.05, 3.63) is 113 Å². The van der Waals surface area contributed by atoms with Crippen LogP contribution in [-0.4, -0.2) is 109 Å². The van der Waals surface area contributed by atoms with E-state index in [1.807, 2.05) is 31.5 Å². The molecule has 5 amide bonds. The summed E-state index contributed by atoms with van der Waals surface area (Å²) >= 11 is 0. The summed E-state index contributed by atoms with van der Waals surface area (Å²) < 4.78 is 23.6. The maximum atomic E-state index is 14.0. The van der Waals surface area contributed by atoms with E-state index in [0.717, 1.165) is 22.3 Å². The van der Waals surface area contributed by atoms with Crippen molar-refractivity contribution in [2.75, 3.05) is 32.8 Å². The molecule has 17 nitrogen and oxygen atoms in total. The van der Waals surface area contributed by atoms with E-state index in [1.54, 1.807) is 72.5 Å². The van der Waals surface area contributed by atoms with E-state index in [9.17, 15) is 24.0 Å². The minimum atomic E-state index is -1.33. The molecule has 4 heterocycles. The highest BCUT2D eigenvalue weighted by molar-refractivity contribution is 6.07. The normalized spacial score (nSPS) is 17.6. The molecule has 4 aliphatic rings. The largest absolute Gasteiger partial charge is 0.493 e. The molecule has 8 rings (SSSR count). The lowest BCUT2D eigenvalue weighted by Crippen LogP contribution is -2.53. The van der Waals surface area contributed by atoms with Gasteiger partial charge < -0.3 is 49.8 Å². The minimum absolute atomic E-state index is 0.160. The Morgan fingerprint density at radius 2 is 1.18 bits per heavy atom. The van der Waals surface area contributed by atoms with Crippen LogP contribution < -0.4 is 34.9 Å². The zero-order chi connectivity index (χ0) is 48.2. The molecule has 4 aromatic rings. The molecule has 4 N–H and O–H groups in total. The fraction of sp³-hybridized carbons (Fsp3) is 0.314. The number of benzene rings is 4. The molecule has 352 valence electrons. The highest BCUT2D eigenvalue weighted by Crippen LogP contribution is 2.42. The average molecular weight is 924 g/mol. The summed E-state index contributed by atoms with van der Waals surface area (Å²) in [7, 11) is 3.03. The molecule has 4 atom stereocenters. The molecule has 0 aliphatic carbocycles. The smallest absolute Gasteiger partial charge is 0.405 e. The van der Waals surface area contributed by atoms with Crippen molar-refractivity contribution in [1.82, 2.24) is 20.4 Å². The highest BCUT2D eigenvalue weighted by Gasteiger charge is 2.35. The first kappa shape index (κ1) is 46.6. The monoisotopic (exact) mass is 923 g/mol. The lowest BCUT2D eigenvalue weighted by atomic mass is 10.0. The molecule has 68 heavy (non-hydrogen) atoms. The lowest BCUT2D eigenvalue weighted by Gasteiger charge is -2.22. The van der Waals surface area contributed by atoms with Gasteiger partial charge in [0.1, 0.15) is 12.1 Å². The molecule has 4 aliphatic heterocycles. The van der Waals surface area contributed by atoms with Crippen LogP contribution in [0.2, 0.25) is 0 Å². The van der Waals surface area contributed by atoms with Gasteiger partial charge in [-0.25, -0.2) is 4.79 Å². The van der Waals surface area contributed by atoms with Gasteiger partial charge in [-0.1, -0.05) is 55.8 Å². The van der Waals surface area contributed by atoms with Gasteiger partial charge in [-0.15, -0.1) is 0 Å². The number of anilines is 1. The van der Waals surface area contributed by atoms with Gasteiger partial charge >= 0.3 is 6.09 Å². The van der Waals surface area contributed by atoms with Gasteiger partial charge in [-0.2, -0.15) is 0 Å². The Morgan fingerprint density at radius 3 is 1.63 bits per heavy atom. The third kappa shape index (κ3) is 9.91. The topological polar surface area (TPSA) is 210 Å². The first-order valence-electron chi connectivity index (χ1n) is 22.3. The van der Waals surface area contributed by atoms with Crippen LogP contribution in [0.15, 0.2) is 95.2 Å². The van der Waals surface area contributed by atoms with Gasteiger partial charge in [0.05, 0.1) is 62.0 Å². The predicted octanol–water partition coefficient (Wildman–Crippen LogP) is 7.54. The fourth-order valence-electron chi connectivity index (χ4n) is 8.39. The second-order valence-corrected chi connectivity index (χ2v) is 17.3. The van der Waals surface area contributed by atoms with Crippen molar-refractivity contribution in [3.8, 4) is 23.0 Å². The number of nitrogens with zero attached hydrogens (tertiary/aromatic N) is 4. The number of carbonyl (C=O) groups is 5. The molecule has 0 aromatic heterocycles. The van der Waals surface area contributed by atoms with Crippen LogP contribution in [0.4, 0.5) is 21.9 Å². The van der Waals surface area contributed by atoms with Crippen molar-refractivity contribution in [1.29, 1.82) is 0 Å². The Kier molecular flexibility index (Phi) is 13.6. The van der Waals surface area contributed by atoms with Gasteiger partial charge in [-0.3, -0.25) is 29.2 Å². The fourth-order valence-corrected chi connectivity index (χ4v) is 8.39. The number of nitrogens with one attached hydrogen (secondary N) is 3. The Labute approximate surface area is 393 Å². The van der Waals surface area contributed by atoms with Crippen molar-refractivity contribution in [2.45, 2.75) is 71.1 Å². The molecule has 0 bridgehead atoms. The molecule has 0 saturated carbocycles. The van der Waals surface area contributed by atoms with E-state index in [-0.39, 0.29) is 43.0 Å². The van der Waals surface area contributed by atoms with Crippen LogP contribution in [0.1, 0.15) is 77.4 Å². The summed E-state index contributed by atoms with van der Waals surface area (Å²) in [5, 5.41) is 16.6. The third-order valence-electron chi connectivity index (χ3n) is 12.2. The lowest BCUT2D eigenvalue weighted by molar-refractivity contribution is -0.128. The number of hydrogen-bond acceptors (Lipinski definition) is 11. The van der Waals surface area contributed by atoms with Crippen molar-refractivity contribution in [3.63, 3.8) is 0 Å². The van der Waals surface area contributed by atoms with Crippen LogP contribution in [0.25, 0.3) is 11.1 Å². The summed E-state index contributed by atoms with van der Waals surface area (Å²) in [5.41, 5.74) is 7.29. The summed E-state index contributed by atoms with van der Waals surface area (Å²) in [6.45, 7) is 7.48. The highest BCUT2D eigenvalue weighted by atomic mass is 16.5. The maximum absolute atomic E-state index is 14.0. The predicted molar refractivity (Wildman–Crippen MR) is 257 cm³/mol. The number of hydrogen-bond donors (Lipinski definition) is 4. The number of amides is 5. The van der Waals surface area contributed by atoms with Crippen LogP contribution in [-0.2, 0) is 9.59 Å². The Bertz CT molecular complexity index is 2760. The summed E-state index contributed by atoms with van der Waals surface area (Å²) in [6, 6.07) is 19.6. The first-order valence-corrected chi connectivity index (χ1v) is 22.3. The zero-order valence-electron chi connectivity index (χ0n) is 38.6. The number of methoxy groups -OCH3 is 2. The molecule has 0 saturated heterocycles. The van der Waals surface area contributed by atoms with Crippen molar-refractivity contribution in [2.24, 2.45) is 15.9 Å². The van der Waals surface area contributed by atoms with Crippen LogP contribution in [0.3, 0.4) is 0 Å². The van der Waals surface area contributed by atoms with Crippen molar-refractivity contribution < 1.29 is 48.0 Å². The van der Waals surface area contributed by atoms with Crippen molar-refractivity contribution >= 4 is 70.4 Å². The molecule has 17 heteroatoms. The SMILES string of the molecule is COc1cc2c(cc1OCCCOc1cc3c(cc1OC)C(=O)N1C=C(c4ccc(NC(=O)[C@H](C)NC(=O)[C@@H](NC(=O)O)C(C)C)cc4)C[C@H]1C=N3)N=C[C@@H]1CC(c3ccc(C)cc3)=CN1C2=O. The quantitative estimate of drug-likeness (QED) is 0.0812. The molecule has 0 spiro atoms. The molecular weight excluding hydrogens is 871 g/mol. The summed E-state index contributed by atoms with van der Waals surface area (Å²) in [6.07, 6.45) is 7.59. The van der Waals surface area contributed by atoms with E-state index in [0.29, 0.717) is 70.4 Å². The number of carbonyl (C=O) groups excluding carboxylic acids is 4. The zero-order valence-corrected chi connectivity index (χ0v) is 38.6. The van der Waals surface area contributed by atoms with E-state index in [2.05, 4.69) is 40.2 Å².